The average molecular weight is 569 g/mol. The lowest BCUT2D eigenvalue weighted by molar-refractivity contribution is 0.166. The van der Waals surface area contributed by atoms with Gasteiger partial charge in [-0.15, -0.1) is 6.58 Å². The first-order valence-corrected chi connectivity index (χ1v) is 14.8. The van der Waals surface area contributed by atoms with Gasteiger partial charge in [0.1, 0.15) is 0 Å². The van der Waals surface area contributed by atoms with Gasteiger partial charge >= 0.3 is 0 Å². The van der Waals surface area contributed by atoms with E-state index in [2.05, 4.69) is 6.58 Å². The number of rotatable bonds is 13. The van der Waals surface area contributed by atoms with E-state index >= 15 is 8.78 Å². The fraction of sp³-hybridized carbons (Fsp3) is 0.429. The molecule has 1 aliphatic rings. The molecule has 1 N–H and O–H groups in total. The van der Waals surface area contributed by atoms with Gasteiger partial charge in [-0.3, -0.25) is 0 Å². The van der Waals surface area contributed by atoms with Gasteiger partial charge in [0.25, 0.3) is 0 Å². The standard InChI is InChI=1S/C35H40F4O2/c1-3-5-6-22-41-31-21-18-27(32(36)35(31)39)13-10-23-8-11-24(12-9-23)28-19-20-29(34(38)33(28)37)25-14-16-26(17-15-25)30(40)7-4-2/h3,14-21,23-24,30,40H,1,4-13,22H2,2H3. The minimum absolute atomic E-state index is 0.0705. The maximum Gasteiger partial charge on any atom is 0.200 e. The molecule has 1 atom stereocenters. The Kier molecular flexibility index (Phi) is 11.0. The van der Waals surface area contributed by atoms with Crippen molar-refractivity contribution in [2.75, 3.05) is 6.61 Å². The van der Waals surface area contributed by atoms with Crippen LogP contribution in [-0.2, 0) is 6.42 Å². The van der Waals surface area contributed by atoms with E-state index in [4.69, 9.17) is 4.74 Å². The van der Waals surface area contributed by atoms with Crippen LogP contribution in [0.4, 0.5) is 17.6 Å². The van der Waals surface area contributed by atoms with Gasteiger partial charge in [-0.1, -0.05) is 61.9 Å². The largest absolute Gasteiger partial charge is 0.490 e. The predicted octanol–water partition coefficient (Wildman–Crippen LogP) is 10.00. The third-order valence-corrected chi connectivity index (χ3v) is 8.33. The molecule has 0 heterocycles. The number of aliphatic hydroxyl groups is 1. The van der Waals surface area contributed by atoms with Crippen LogP contribution in [0.2, 0.25) is 0 Å². The van der Waals surface area contributed by atoms with Crippen LogP contribution in [0.5, 0.6) is 5.75 Å². The maximum absolute atomic E-state index is 15.2. The first kappa shape index (κ1) is 30.8. The van der Waals surface area contributed by atoms with Crippen LogP contribution in [-0.4, -0.2) is 11.7 Å². The van der Waals surface area contributed by atoms with Gasteiger partial charge in [-0.05, 0) is 97.9 Å². The number of aliphatic hydroxyl groups excluding tert-OH is 1. The Morgan fingerprint density at radius 2 is 1.63 bits per heavy atom. The van der Waals surface area contributed by atoms with E-state index in [1.165, 1.54) is 6.07 Å². The predicted molar refractivity (Wildman–Crippen MR) is 156 cm³/mol. The smallest absolute Gasteiger partial charge is 0.200 e. The van der Waals surface area contributed by atoms with Crippen LogP contribution in [0.1, 0.15) is 93.4 Å². The molecule has 0 spiro atoms. The van der Waals surface area contributed by atoms with Crippen molar-refractivity contribution in [3.63, 3.8) is 0 Å². The number of halogens is 4. The summed E-state index contributed by atoms with van der Waals surface area (Å²) in [4.78, 5) is 0. The molecule has 220 valence electrons. The van der Waals surface area contributed by atoms with Crippen molar-refractivity contribution in [3.8, 4) is 16.9 Å². The summed E-state index contributed by atoms with van der Waals surface area (Å²) >= 11 is 0. The van der Waals surface area contributed by atoms with Gasteiger partial charge in [0.2, 0.25) is 5.82 Å². The lowest BCUT2D eigenvalue weighted by atomic mass is 9.76. The number of ether oxygens (including phenoxy) is 1. The number of aryl methyl sites for hydroxylation is 1. The molecule has 1 saturated carbocycles. The van der Waals surface area contributed by atoms with Gasteiger partial charge in [0.15, 0.2) is 23.2 Å². The molecular formula is C35H40F4O2. The van der Waals surface area contributed by atoms with Crippen molar-refractivity contribution in [1.29, 1.82) is 0 Å². The van der Waals surface area contributed by atoms with Crippen molar-refractivity contribution >= 4 is 0 Å². The summed E-state index contributed by atoms with van der Waals surface area (Å²) in [6.07, 6.45) is 8.34. The summed E-state index contributed by atoms with van der Waals surface area (Å²) in [5.74, 6) is -3.29. The van der Waals surface area contributed by atoms with Gasteiger partial charge in [0.05, 0.1) is 12.7 Å². The summed E-state index contributed by atoms with van der Waals surface area (Å²) in [5.41, 5.74) is 2.27. The molecule has 6 heteroatoms. The van der Waals surface area contributed by atoms with Crippen LogP contribution in [0.3, 0.4) is 0 Å². The number of unbranched alkanes of at least 4 members (excludes halogenated alkanes) is 1. The minimum atomic E-state index is -0.948. The highest BCUT2D eigenvalue weighted by molar-refractivity contribution is 5.65. The van der Waals surface area contributed by atoms with Crippen molar-refractivity contribution < 1.29 is 27.4 Å². The van der Waals surface area contributed by atoms with Crippen molar-refractivity contribution in [2.45, 2.75) is 83.2 Å². The highest BCUT2D eigenvalue weighted by atomic mass is 19.2. The monoisotopic (exact) mass is 568 g/mol. The summed E-state index contributed by atoms with van der Waals surface area (Å²) in [6, 6.07) is 13.4. The van der Waals surface area contributed by atoms with E-state index in [1.807, 2.05) is 6.92 Å². The topological polar surface area (TPSA) is 29.5 Å². The maximum atomic E-state index is 15.2. The quantitative estimate of drug-likeness (QED) is 0.126. The Balaban J connectivity index is 1.32. The second kappa shape index (κ2) is 14.7. The van der Waals surface area contributed by atoms with E-state index in [0.29, 0.717) is 54.9 Å². The highest BCUT2D eigenvalue weighted by Crippen LogP contribution is 2.40. The summed E-state index contributed by atoms with van der Waals surface area (Å²) in [6.45, 7) is 5.93. The second-order valence-corrected chi connectivity index (χ2v) is 11.1. The van der Waals surface area contributed by atoms with Crippen LogP contribution < -0.4 is 4.74 Å². The van der Waals surface area contributed by atoms with Gasteiger partial charge in [-0.25, -0.2) is 13.2 Å². The van der Waals surface area contributed by atoms with Gasteiger partial charge in [0, 0.05) is 5.56 Å². The van der Waals surface area contributed by atoms with Crippen molar-refractivity contribution in [1.82, 2.24) is 0 Å². The van der Waals surface area contributed by atoms with Gasteiger partial charge < -0.3 is 9.84 Å². The molecule has 4 rings (SSSR count). The number of hydrogen-bond donors (Lipinski definition) is 1. The molecule has 0 amide bonds. The fourth-order valence-electron chi connectivity index (χ4n) is 5.84. The average Bonchev–Trinajstić information content (AvgIpc) is 2.99. The SMILES string of the molecule is C=CCCCOc1ccc(CCC2CCC(c3ccc(-c4ccc(C(O)CCC)cc4)c(F)c3F)CC2)c(F)c1F. The number of benzene rings is 3. The molecule has 3 aromatic rings. The third-order valence-electron chi connectivity index (χ3n) is 8.33. The molecule has 0 aromatic heterocycles. The normalized spacial score (nSPS) is 17.8. The molecular weight excluding hydrogens is 528 g/mol. The molecule has 0 bridgehead atoms. The first-order valence-electron chi connectivity index (χ1n) is 14.8. The Labute approximate surface area is 241 Å². The fourth-order valence-corrected chi connectivity index (χ4v) is 5.84. The molecule has 0 saturated heterocycles. The highest BCUT2D eigenvalue weighted by Gasteiger charge is 2.27. The molecule has 1 aliphatic carbocycles. The molecule has 3 aromatic carbocycles. The second-order valence-electron chi connectivity index (χ2n) is 11.1. The van der Waals surface area contributed by atoms with Crippen molar-refractivity contribution in [2.24, 2.45) is 5.92 Å². The zero-order chi connectivity index (χ0) is 29.4. The summed E-state index contributed by atoms with van der Waals surface area (Å²) in [5, 5.41) is 10.2. The molecule has 2 nitrogen and oxygen atoms in total. The number of allylic oxidation sites excluding steroid dienone is 1. The van der Waals surface area contributed by atoms with Crippen LogP contribution in [0.15, 0.2) is 61.2 Å². The summed E-state index contributed by atoms with van der Waals surface area (Å²) < 4.78 is 64.9. The number of hydrogen-bond acceptors (Lipinski definition) is 2. The zero-order valence-electron chi connectivity index (χ0n) is 23.8. The van der Waals surface area contributed by atoms with E-state index in [1.54, 1.807) is 48.5 Å². The minimum Gasteiger partial charge on any atom is -0.490 e. The Morgan fingerprint density at radius 3 is 2.32 bits per heavy atom. The molecule has 1 unspecified atom stereocenters. The van der Waals surface area contributed by atoms with E-state index < -0.39 is 29.4 Å². The van der Waals surface area contributed by atoms with E-state index in [-0.39, 0.29) is 17.2 Å². The lowest BCUT2D eigenvalue weighted by Gasteiger charge is -2.29. The Morgan fingerprint density at radius 1 is 0.902 bits per heavy atom. The van der Waals surface area contributed by atoms with E-state index in [0.717, 1.165) is 44.1 Å². The molecule has 0 aliphatic heterocycles. The third kappa shape index (κ3) is 7.59. The Hall–Kier alpha value is -3.12. The van der Waals surface area contributed by atoms with Crippen LogP contribution in [0, 0.1) is 29.2 Å². The van der Waals surface area contributed by atoms with E-state index in [9.17, 15) is 13.9 Å². The Bertz CT molecular complexity index is 1300. The zero-order valence-corrected chi connectivity index (χ0v) is 23.8. The van der Waals surface area contributed by atoms with Crippen molar-refractivity contribution in [3.05, 3.63) is 101 Å². The molecule has 0 radical (unpaired) electrons. The molecule has 41 heavy (non-hydrogen) atoms. The summed E-state index contributed by atoms with van der Waals surface area (Å²) in [7, 11) is 0. The first-order chi connectivity index (χ1) is 19.8. The molecule has 1 fully saturated rings. The van der Waals surface area contributed by atoms with Crippen LogP contribution >= 0.6 is 0 Å². The lowest BCUT2D eigenvalue weighted by Crippen LogP contribution is -2.16. The van der Waals surface area contributed by atoms with Crippen LogP contribution in [0.25, 0.3) is 11.1 Å². The van der Waals surface area contributed by atoms with Gasteiger partial charge in [-0.2, -0.15) is 4.39 Å².